The molecule has 0 N–H and O–H groups in total. The number of hydrogen-bond acceptors (Lipinski definition) is 2. The maximum Gasteiger partial charge on any atom is 0.238 e. The van der Waals surface area contributed by atoms with Crippen LogP contribution in [0, 0.1) is 17.7 Å². The highest BCUT2D eigenvalue weighted by Gasteiger charge is 2.27. The predicted molar refractivity (Wildman–Crippen MR) is 71.3 cm³/mol. The molecule has 5 heteroatoms. The fraction of sp³-hybridized carbons (Fsp3) is 0.385. The minimum Gasteiger partial charge on any atom is -0.255 e. The standard InChI is InChI=1S/C13H16FNO2S/c1-4-5-10-15(18(16,17)11(2)3)13-9-7-6-8-12(13)14/h6-9,11H,10H2,1-3H3. The molecule has 1 rings (SSSR count). The van der Waals surface area contributed by atoms with Gasteiger partial charge in [-0.05, 0) is 32.9 Å². The van der Waals surface area contributed by atoms with Gasteiger partial charge in [-0.2, -0.15) is 0 Å². The van der Waals surface area contributed by atoms with E-state index >= 15 is 0 Å². The van der Waals surface area contributed by atoms with Crippen LogP contribution in [0.3, 0.4) is 0 Å². The number of hydrogen-bond donors (Lipinski definition) is 0. The number of nitrogens with zero attached hydrogens (tertiary/aromatic N) is 1. The summed E-state index contributed by atoms with van der Waals surface area (Å²) in [4.78, 5) is 0. The average Bonchev–Trinajstić information content (AvgIpc) is 2.31. The van der Waals surface area contributed by atoms with Gasteiger partial charge in [-0.25, -0.2) is 12.8 Å². The fourth-order valence-corrected chi connectivity index (χ4v) is 2.55. The molecule has 0 aliphatic carbocycles. The molecule has 0 atom stereocenters. The predicted octanol–water partition coefficient (Wildman–Crippen LogP) is 2.39. The van der Waals surface area contributed by atoms with E-state index in [1.54, 1.807) is 26.8 Å². The van der Waals surface area contributed by atoms with Gasteiger partial charge < -0.3 is 0 Å². The molecule has 0 aromatic heterocycles. The SMILES string of the molecule is CC#CCN(c1ccccc1F)S(=O)(=O)C(C)C. The molecule has 0 unspecified atom stereocenters. The summed E-state index contributed by atoms with van der Waals surface area (Å²) in [5, 5.41) is -0.629. The van der Waals surface area contributed by atoms with Gasteiger partial charge in [0, 0.05) is 0 Å². The molecule has 0 spiro atoms. The third-order valence-corrected chi connectivity index (χ3v) is 4.56. The van der Waals surface area contributed by atoms with Crippen LogP contribution in [-0.2, 0) is 10.0 Å². The van der Waals surface area contributed by atoms with Crippen molar-refractivity contribution < 1.29 is 12.8 Å². The number of anilines is 1. The van der Waals surface area contributed by atoms with Gasteiger partial charge in [-0.15, -0.1) is 5.92 Å². The van der Waals surface area contributed by atoms with E-state index in [0.717, 1.165) is 4.31 Å². The van der Waals surface area contributed by atoms with E-state index in [9.17, 15) is 12.8 Å². The quantitative estimate of drug-likeness (QED) is 0.787. The molecule has 0 fully saturated rings. The van der Waals surface area contributed by atoms with Crippen molar-refractivity contribution in [3.8, 4) is 11.8 Å². The molecule has 0 amide bonds. The molecule has 3 nitrogen and oxygen atoms in total. The Morgan fingerprint density at radius 3 is 2.44 bits per heavy atom. The van der Waals surface area contributed by atoms with Crippen molar-refractivity contribution in [3.63, 3.8) is 0 Å². The Balaban J connectivity index is 3.30. The van der Waals surface area contributed by atoms with Crippen molar-refractivity contribution in [1.82, 2.24) is 0 Å². The first-order valence-corrected chi connectivity index (χ1v) is 7.07. The van der Waals surface area contributed by atoms with Gasteiger partial charge in [0.25, 0.3) is 0 Å². The lowest BCUT2D eigenvalue weighted by Gasteiger charge is -2.24. The van der Waals surface area contributed by atoms with E-state index in [1.807, 2.05) is 0 Å². The summed E-state index contributed by atoms with van der Waals surface area (Å²) in [5.41, 5.74) is 0.0361. The third-order valence-electron chi connectivity index (χ3n) is 2.42. The van der Waals surface area contributed by atoms with E-state index < -0.39 is 21.1 Å². The minimum atomic E-state index is -3.60. The Kier molecular flexibility index (Phi) is 4.74. The van der Waals surface area contributed by atoms with Gasteiger partial charge in [0.2, 0.25) is 10.0 Å². The number of rotatable bonds is 4. The van der Waals surface area contributed by atoms with E-state index in [-0.39, 0.29) is 12.2 Å². The lowest BCUT2D eigenvalue weighted by atomic mass is 10.3. The Morgan fingerprint density at radius 1 is 1.33 bits per heavy atom. The molecule has 98 valence electrons. The van der Waals surface area contributed by atoms with Crippen LogP contribution >= 0.6 is 0 Å². The van der Waals surface area contributed by atoms with Crippen molar-refractivity contribution in [1.29, 1.82) is 0 Å². The van der Waals surface area contributed by atoms with E-state index in [4.69, 9.17) is 0 Å². The van der Waals surface area contributed by atoms with Crippen LogP contribution in [0.4, 0.5) is 10.1 Å². The maximum atomic E-state index is 13.7. The lowest BCUT2D eigenvalue weighted by molar-refractivity contribution is 0.580. The molecule has 18 heavy (non-hydrogen) atoms. The van der Waals surface area contributed by atoms with Gasteiger partial charge in [-0.3, -0.25) is 4.31 Å². The second kappa shape index (κ2) is 5.87. The number of benzene rings is 1. The number of sulfonamides is 1. The molecule has 0 aliphatic rings. The van der Waals surface area contributed by atoms with Gasteiger partial charge in [0.1, 0.15) is 5.82 Å². The van der Waals surface area contributed by atoms with Crippen molar-refractivity contribution in [2.75, 3.05) is 10.8 Å². The maximum absolute atomic E-state index is 13.7. The van der Waals surface area contributed by atoms with Crippen LogP contribution in [0.15, 0.2) is 24.3 Å². The molecule has 0 heterocycles. The van der Waals surface area contributed by atoms with Gasteiger partial charge in [-0.1, -0.05) is 18.1 Å². The van der Waals surface area contributed by atoms with E-state index in [0.29, 0.717) is 0 Å². The van der Waals surface area contributed by atoms with Crippen LogP contribution < -0.4 is 4.31 Å². The topological polar surface area (TPSA) is 37.4 Å². The first-order chi connectivity index (χ1) is 8.41. The van der Waals surface area contributed by atoms with E-state index in [1.165, 1.54) is 18.2 Å². The molecule has 1 aromatic carbocycles. The highest BCUT2D eigenvalue weighted by Crippen LogP contribution is 2.23. The molecular weight excluding hydrogens is 253 g/mol. The highest BCUT2D eigenvalue weighted by atomic mass is 32.2. The Bertz CT molecular complexity index is 570. The van der Waals surface area contributed by atoms with Crippen LogP contribution in [0.1, 0.15) is 20.8 Å². The summed E-state index contributed by atoms with van der Waals surface area (Å²) in [6.07, 6.45) is 0. The van der Waals surface area contributed by atoms with Crippen LogP contribution in [0.25, 0.3) is 0 Å². The summed E-state index contributed by atoms with van der Waals surface area (Å²) in [7, 11) is -3.60. The molecule has 0 radical (unpaired) electrons. The van der Waals surface area contributed by atoms with Gasteiger partial charge >= 0.3 is 0 Å². The molecular formula is C13H16FNO2S. The molecule has 0 saturated carbocycles. The molecule has 1 aromatic rings. The number of para-hydroxylation sites is 1. The molecule has 0 bridgehead atoms. The Hall–Kier alpha value is -1.54. The summed E-state index contributed by atoms with van der Waals surface area (Å²) < 4.78 is 39.1. The number of halogens is 1. The zero-order valence-corrected chi connectivity index (χ0v) is 11.5. The monoisotopic (exact) mass is 269 g/mol. The Labute approximate surface area is 108 Å². The highest BCUT2D eigenvalue weighted by molar-refractivity contribution is 7.93. The average molecular weight is 269 g/mol. The summed E-state index contributed by atoms with van der Waals surface area (Å²) in [6, 6.07) is 5.79. The van der Waals surface area contributed by atoms with Crippen molar-refractivity contribution in [2.24, 2.45) is 0 Å². The first-order valence-electron chi connectivity index (χ1n) is 5.57. The molecule has 0 saturated heterocycles. The smallest absolute Gasteiger partial charge is 0.238 e. The first kappa shape index (κ1) is 14.5. The third kappa shape index (κ3) is 3.02. The van der Waals surface area contributed by atoms with Gasteiger partial charge in [0.05, 0.1) is 17.5 Å². The summed E-state index contributed by atoms with van der Waals surface area (Å²) >= 11 is 0. The zero-order chi connectivity index (χ0) is 13.8. The summed E-state index contributed by atoms with van der Waals surface area (Å²) in [6.45, 7) is 4.69. The van der Waals surface area contributed by atoms with Crippen molar-refractivity contribution >= 4 is 15.7 Å². The van der Waals surface area contributed by atoms with Crippen molar-refractivity contribution in [2.45, 2.75) is 26.0 Å². The largest absolute Gasteiger partial charge is 0.255 e. The fourth-order valence-electron chi connectivity index (χ4n) is 1.37. The second-order valence-electron chi connectivity index (χ2n) is 3.98. The van der Waals surface area contributed by atoms with Gasteiger partial charge in [0.15, 0.2) is 0 Å². The molecule has 0 aliphatic heterocycles. The second-order valence-corrected chi connectivity index (χ2v) is 6.39. The minimum absolute atomic E-state index is 0.0361. The van der Waals surface area contributed by atoms with Crippen LogP contribution in [-0.4, -0.2) is 20.2 Å². The summed E-state index contributed by atoms with van der Waals surface area (Å²) in [5.74, 6) is 4.72. The normalized spacial score (nSPS) is 10.9. The zero-order valence-electron chi connectivity index (χ0n) is 10.6. The lowest BCUT2D eigenvalue weighted by Crippen LogP contribution is -2.37. The van der Waals surface area contributed by atoms with E-state index in [2.05, 4.69) is 11.8 Å². The Morgan fingerprint density at radius 2 is 1.94 bits per heavy atom. The van der Waals surface area contributed by atoms with Crippen LogP contribution in [0.2, 0.25) is 0 Å². The van der Waals surface area contributed by atoms with Crippen molar-refractivity contribution in [3.05, 3.63) is 30.1 Å². The van der Waals surface area contributed by atoms with Crippen LogP contribution in [0.5, 0.6) is 0 Å².